The molecule has 2 heteroatoms. The maximum absolute atomic E-state index is 5.37. The normalized spacial score (nSPS) is 24.7. The van der Waals surface area contributed by atoms with Gasteiger partial charge in [-0.3, -0.25) is 0 Å². The van der Waals surface area contributed by atoms with Gasteiger partial charge in [-0.05, 0) is 26.0 Å². The van der Waals surface area contributed by atoms with Crippen LogP contribution in [0.5, 0.6) is 0 Å². The zero-order valence-corrected chi connectivity index (χ0v) is 6.99. The highest BCUT2D eigenvalue weighted by atomic mass is 16.5. The summed E-state index contributed by atoms with van der Waals surface area (Å²) in [4.78, 5) is 0. The third-order valence-electron chi connectivity index (χ3n) is 1.62. The highest BCUT2D eigenvalue weighted by Gasteiger charge is 2.15. The van der Waals surface area contributed by atoms with E-state index < -0.39 is 0 Å². The Bertz CT molecular complexity index is 161. The highest BCUT2D eigenvalue weighted by Crippen LogP contribution is 2.09. The SMILES string of the molecule is CCOC(C)C1C=CC=CO1. The van der Waals surface area contributed by atoms with Gasteiger partial charge >= 0.3 is 0 Å². The smallest absolute Gasteiger partial charge is 0.142 e. The van der Waals surface area contributed by atoms with E-state index in [2.05, 4.69) is 0 Å². The van der Waals surface area contributed by atoms with E-state index in [1.165, 1.54) is 0 Å². The van der Waals surface area contributed by atoms with Crippen molar-refractivity contribution in [1.29, 1.82) is 0 Å². The van der Waals surface area contributed by atoms with E-state index >= 15 is 0 Å². The van der Waals surface area contributed by atoms with E-state index in [-0.39, 0.29) is 12.2 Å². The molecule has 0 amide bonds. The second-order valence-corrected chi connectivity index (χ2v) is 2.47. The Balaban J connectivity index is 2.35. The van der Waals surface area contributed by atoms with Crippen molar-refractivity contribution in [2.24, 2.45) is 0 Å². The molecule has 0 aromatic carbocycles. The highest BCUT2D eigenvalue weighted by molar-refractivity contribution is 5.08. The first kappa shape index (κ1) is 8.34. The van der Waals surface area contributed by atoms with Crippen LogP contribution in [0.15, 0.2) is 24.5 Å². The largest absolute Gasteiger partial charge is 0.491 e. The summed E-state index contributed by atoms with van der Waals surface area (Å²) < 4.78 is 10.7. The van der Waals surface area contributed by atoms with Gasteiger partial charge in [0.05, 0.1) is 12.4 Å². The molecule has 0 saturated carbocycles. The Labute approximate surface area is 67.5 Å². The summed E-state index contributed by atoms with van der Waals surface area (Å²) in [6.07, 6.45) is 7.76. The first-order valence-corrected chi connectivity index (χ1v) is 3.95. The van der Waals surface area contributed by atoms with E-state index in [1.807, 2.05) is 32.1 Å². The Morgan fingerprint density at radius 2 is 2.36 bits per heavy atom. The van der Waals surface area contributed by atoms with Crippen molar-refractivity contribution in [3.05, 3.63) is 24.5 Å². The van der Waals surface area contributed by atoms with Gasteiger partial charge in [-0.1, -0.05) is 6.08 Å². The molecule has 0 fully saturated rings. The van der Waals surface area contributed by atoms with E-state index in [1.54, 1.807) is 6.26 Å². The molecule has 0 aromatic heterocycles. The molecular formula is C9H14O2. The summed E-state index contributed by atoms with van der Waals surface area (Å²) in [7, 11) is 0. The van der Waals surface area contributed by atoms with Crippen LogP contribution in [0, 0.1) is 0 Å². The van der Waals surface area contributed by atoms with E-state index in [0.29, 0.717) is 0 Å². The van der Waals surface area contributed by atoms with Gasteiger partial charge in [-0.25, -0.2) is 0 Å². The molecule has 0 aliphatic carbocycles. The van der Waals surface area contributed by atoms with Crippen molar-refractivity contribution in [2.75, 3.05) is 6.61 Å². The van der Waals surface area contributed by atoms with Gasteiger partial charge in [-0.2, -0.15) is 0 Å². The lowest BCUT2D eigenvalue weighted by molar-refractivity contribution is -0.00764. The fraction of sp³-hybridized carbons (Fsp3) is 0.556. The van der Waals surface area contributed by atoms with Gasteiger partial charge < -0.3 is 9.47 Å². The first-order chi connectivity index (χ1) is 5.34. The summed E-state index contributed by atoms with van der Waals surface area (Å²) in [5, 5.41) is 0. The summed E-state index contributed by atoms with van der Waals surface area (Å²) in [5.41, 5.74) is 0. The second kappa shape index (κ2) is 4.19. The molecule has 2 unspecified atom stereocenters. The molecule has 2 nitrogen and oxygen atoms in total. The average Bonchev–Trinajstić information content (AvgIpc) is 2.07. The minimum atomic E-state index is 0.0833. The molecule has 1 rings (SSSR count). The zero-order valence-electron chi connectivity index (χ0n) is 6.99. The molecule has 1 aliphatic heterocycles. The summed E-state index contributed by atoms with van der Waals surface area (Å²) in [5.74, 6) is 0. The van der Waals surface area contributed by atoms with E-state index in [0.717, 1.165) is 6.61 Å². The molecular weight excluding hydrogens is 140 g/mol. The molecule has 2 atom stereocenters. The monoisotopic (exact) mass is 154 g/mol. The topological polar surface area (TPSA) is 18.5 Å². The number of hydrogen-bond donors (Lipinski definition) is 0. The minimum absolute atomic E-state index is 0.0833. The number of allylic oxidation sites excluding steroid dienone is 2. The van der Waals surface area contributed by atoms with E-state index in [9.17, 15) is 0 Å². The molecule has 1 aliphatic rings. The van der Waals surface area contributed by atoms with Crippen molar-refractivity contribution in [2.45, 2.75) is 26.1 Å². The molecule has 1 heterocycles. The molecule has 0 bridgehead atoms. The lowest BCUT2D eigenvalue weighted by Crippen LogP contribution is -2.26. The van der Waals surface area contributed by atoms with Crippen LogP contribution in [-0.2, 0) is 9.47 Å². The predicted octanol–water partition coefficient (Wildman–Crippen LogP) is 1.88. The predicted molar refractivity (Wildman–Crippen MR) is 44.2 cm³/mol. The lowest BCUT2D eigenvalue weighted by atomic mass is 10.2. The quantitative estimate of drug-likeness (QED) is 0.618. The Morgan fingerprint density at radius 1 is 1.55 bits per heavy atom. The van der Waals surface area contributed by atoms with Crippen LogP contribution in [-0.4, -0.2) is 18.8 Å². The number of ether oxygens (including phenoxy) is 2. The minimum Gasteiger partial charge on any atom is -0.491 e. The van der Waals surface area contributed by atoms with Crippen LogP contribution in [0.25, 0.3) is 0 Å². The third-order valence-corrected chi connectivity index (χ3v) is 1.62. The zero-order chi connectivity index (χ0) is 8.10. The van der Waals surface area contributed by atoms with Crippen LogP contribution in [0.1, 0.15) is 13.8 Å². The van der Waals surface area contributed by atoms with Crippen molar-refractivity contribution in [1.82, 2.24) is 0 Å². The van der Waals surface area contributed by atoms with Gasteiger partial charge in [0.15, 0.2) is 0 Å². The molecule has 62 valence electrons. The van der Waals surface area contributed by atoms with Crippen molar-refractivity contribution < 1.29 is 9.47 Å². The Kier molecular flexibility index (Phi) is 3.17. The first-order valence-electron chi connectivity index (χ1n) is 3.95. The summed E-state index contributed by atoms with van der Waals surface area (Å²) >= 11 is 0. The maximum Gasteiger partial charge on any atom is 0.142 e. The van der Waals surface area contributed by atoms with Crippen molar-refractivity contribution >= 4 is 0 Å². The Morgan fingerprint density at radius 3 is 2.91 bits per heavy atom. The van der Waals surface area contributed by atoms with Crippen LogP contribution in [0.2, 0.25) is 0 Å². The van der Waals surface area contributed by atoms with Crippen molar-refractivity contribution in [3.8, 4) is 0 Å². The summed E-state index contributed by atoms with van der Waals surface area (Å²) in [6.45, 7) is 4.73. The van der Waals surface area contributed by atoms with Crippen LogP contribution < -0.4 is 0 Å². The maximum atomic E-state index is 5.37. The van der Waals surface area contributed by atoms with Crippen molar-refractivity contribution in [3.63, 3.8) is 0 Å². The van der Waals surface area contributed by atoms with Gasteiger partial charge in [0.2, 0.25) is 0 Å². The molecule has 0 spiro atoms. The molecule has 0 aromatic rings. The number of hydrogen-bond acceptors (Lipinski definition) is 2. The standard InChI is InChI=1S/C9H14O2/c1-3-10-8(2)9-6-4-5-7-11-9/h4-9H,3H2,1-2H3. The molecule has 0 saturated heterocycles. The van der Waals surface area contributed by atoms with Gasteiger partial charge in [0, 0.05) is 6.61 Å². The summed E-state index contributed by atoms with van der Waals surface area (Å²) in [6, 6.07) is 0. The number of rotatable bonds is 3. The lowest BCUT2D eigenvalue weighted by Gasteiger charge is -2.21. The third kappa shape index (κ3) is 2.39. The molecule has 11 heavy (non-hydrogen) atoms. The van der Waals surface area contributed by atoms with Gasteiger partial charge in [0.1, 0.15) is 6.10 Å². The molecule has 0 radical (unpaired) electrons. The fourth-order valence-corrected chi connectivity index (χ4v) is 1.03. The van der Waals surface area contributed by atoms with Crippen LogP contribution in [0.3, 0.4) is 0 Å². The Hall–Kier alpha value is -0.760. The van der Waals surface area contributed by atoms with Gasteiger partial charge in [-0.15, -0.1) is 0 Å². The second-order valence-electron chi connectivity index (χ2n) is 2.47. The van der Waals surface area contributed by atoms with Gasteiger partial charge in [0.25, 0.3) is 0 Å². The van der Waals surface area contributed by atoms with Crippen LogP contribution in [0.4, 0.5) is 0 Å². The fourth-order valence-electron chi connectivity index (χ4n) is 1.03. The van der Waals surface area contributed by atoms with Crippen LogP contribution >= 0.6 is 0 Å². The average molecular weight is 154 g/mol. The van der Waals surface area contributed by atoms with E-state index in [4.69, 9.17) is 9.47 Å². The molecule has 0 N–H and O–H groups in total.